The van der Waals surface area contributed by atoms with Gasteiger partial charge in [-0.3, -0.25) is 0 Å². The molecule has 4 heteroatoms. The number of carbonyl (C=O) groups excluding carboxylic acids is 1. The number of rotatable bonds is 8. The largest absolute Gasteiger partial charge is 0.464 e. The summed E-state index contributed by atoms with van der Waals surface area (Å²) in [7, 11) is 0. The highest BCUT2D eigenvalue weighted by molar-refractivity contribution is 5.70. The smallest absolute Gasteiger partial charge is 0.332 e. The standard InChI is InChI=1S/C13H27NO3/c1-11(14)7-5-6-8-17-12(15)9-16-10-13(2,3)4/h11H,5-10,14H2,1-4H3. The van der Waals surface area contributed by atoms with Gasteiger partial charge in [-0.2, -0.15) is 0 Å². The lowest BCUT2D eigenvalue weighted by Gasteiger charge is -2.17. The Morgan fingerprint density at radius 1 is 1.29 bits per heavy atom. The summed E-state index contributed by atoms with van der Waals surface area (Å²) in [5.41, 5.74) is 5.69. The molecule has 1 atom stereocenters. The third-order valence-corrected chi connectivity index (χ3v) is 2.07. The lowest BCUT2D eigenvalue weighted by molar-refractivity contribution is -0.150. The molecule has 0 amide bonds. The van der Waals surface area contributed by atoms with Gasteiger partial charge in [0, 0.05) is 6.04 Å². The molecule has 2 N–H and O–H groups in total. The van der Waals surface area contributed by atoms with Gasteiger partial charge in [-0.25, -0.2) is 4.79 Å². The molecule has 0 saturated carbocycles. The summed E-state index contributed by atoms with van der Waals surface area (Å²) in [4.78, 5) is 11.3. The molecule has 0 aliphatic rings. The minimum atomic E-state index is -0.282. The first-order valence-corrected chi connectivity index (χ1v) is 6.30. The Hall–Kier alpha value is -0.610. The van der Waals surface area contributed by atoms with E-state index in [2.05, 4.69) is 20.8 Å². The summed E-state index contributed by atoms with van der Waals surface area (Å²) in [6.45, 7) is 9.24. The molecular formula is C13H27NO3. The summed E-state index contributed by atoms with van der Waals surface area (Å²) in [6, 6.07) is 0.223. The van der Waals surface area contributed by atoms with Crippen LogP contribution in [0.5, 0.6) is 0 Å². The maximum absolute atomic E-state index is 11.3. The average Bonchev–Trinajstić information content (AvgIpc) is 2.14. The predicted octanol–water partition coefficient (Wildman–Crippen LogP) is 2.11. The van der Waals surface area contributed by atoms with Crippen LogP contribution in [0, 0.1) is 5.41 Å². The van der Waals surface area contributed by atoms with Crippen LogP contribution in [0.25, 0.3) is 0 Å². The fourth-order valence-corrected chi connectivity index (χ4v) is 1.24. The molecule has 0 bridgehead atoms. The van der Waals surface area contributed by atoms with Gasteiger partial charge in [-0.1, -0.05) is 20.8 Å². The minimum absolute atomic E-state index is 0.0462. The molecule has 0 aromatic carbocycles. The van der Waals surface area contributed by atoms with E-state index in [1.807, 2.05) is 6.92 Å². The van der Waals surface area contributed by atoms with E-state index < -0.39 is 0 Å². The molecule has 0 aromatic rings. The first-order chi connectivity index (χ1) is 7.81. The Labute approximate surface area is 105 Å². The molecule has 0 heterocycles. The zero-order chi connectivity index (χ0) is 13.3. The van der Waals surface area contributed by atoms with E-state index in [4.69, 9.17) is 15.2 Å². The molecule has 0 radical (unpaired) electrons. The van der Waals surface area contributed by atoms with Crippen molar-refractivity contribution in [3.05, 3.63) is 0 Å². The second-order valence-electron chi connectivity index (χ2n) is 5.75. The van der Waals surface area contributed by atoms with E-state index in [1.165, 1.54) is 0 Å². The van der Waals surface area contributed by atoms with Gasteiger partial charge in [0.05, 0.1) is 13.2 Å². The molecule has 102 valence electrons. The van der Waals surface area contributed by atoms with E-state index in [0.29, 0.717) is 13.2 Å². The number of esters is 1. The van der Waals surface area contributed by atoms with Gasteiger partial charge in [-0.15, -0.1) is 0 Å². The summed E-state index contributed by atoms with van der Waals surface area (Å²) >= 11 is 0. The second kappa shape index (κ2) is 8.48. The molecule has 0 fully saturated rings. The van der Waals surface area contributed by atoms with Crippen LogP contribution in [0.1, 0.15) is 47.0 Å². The zero-order valence-electron chi connectivity index (χ0n) is 11.6. The van der Waals surface area contributed by atoms with E-state index >= 15 is 0 Å². The van der Waals surface area contributed by atoms with Crippen LogP contribution in [0.3, 0.4) is 0 Å². The first kappa shape index (κ1) is 16.4. The van der Waals surface area contributed by atoms with Crippen LogP contribution >= 0.6 is 0 Å². The molecule has 0 aliphatic heterocycles. The normalized spacial score (nSPS) is 13.5. The molecule has 0 spiro atoms. The summed E-state index contributed by atoms with van der Waals surface area (Å²) < 4.78 is 10.3. The van der Waals surface area contributed by atoms with Crippen molar-refractivity contribution in [1.29, 1.82) is 0 Å². The van der Waals surface area contributed by atoms with Crippen LogP contribution in [0.15, 0.2) is 0 Å². The molecular weight excluding hydrogens is 218 g/mol. The van der Waals surface area contributed by atoms with Gasteiger partial charge in [0.25, 0.3) is 0 Å². The highest BCUT2D eigenvalue weighted by Gasteiger charge is 2.11. The maximum Gasteiger partial charge on any atom is 0.332 e. The number of nitrogens with two attached hydrogens (primary N) is 1. The van der Waals surface area contributed by atoms with Crippen molar-refractivity contribution in [3.8, 4) is 0 Å². The SMILES string of the molecule is CC(N)CCCCOC(=O)COCC(C)(C)C. The highest BCUT2D eigenvalue weighted by atomic mass is 16.6. The molecule has 1 unspecified atom stereocenters. The lowest BCUT2D eigenvalue weighted by Crippen LogP contribution is -2.20. The topological polar surface area (TPSA) is 61.5 Å². The Kier molecular flexibility index (Phi) is 8.17. The molecule has 4 nitrogen and oxygen atoms in total. The number of carbonyl (C=O) groups is 1. The third-order valence-electron chi connectivity index (χ3n) is 2.07. The number of hydrogen-bond acceptors (Lipinski definition) is 4. The maximum atomic E-state index is 11.3. The van der Waals surface area contributed by atoms with Crippen LogP contribution < -0.4 is 5.73 Å². The van der Waals surface area contributed by atoms with Crippen molar-refractivity contribution in [2.24, 2.45) is 11.1 Å². The molecule has 0 saturated heterocycles. The third kappa shape index (κ3) is 13.3. The first-order valence-electron chi connectivity index (χ1n) is 6.30. The van der Waals surface area contributed by atoms with E-state index in [0.717, 1.165) is 19.3 Å². The number of ether oxygens (including phenoxy) is 2. The van der Waals surface area contributed by atoms with E-state index in [1.54, 1.807) is 0 Å². The minimum Gasteiger partial charge on any atom is -0.464 e. The second-order valence-corrected chi connectivity index (χ2v) is 5.75. The van der Waals surface area contributed by atoms with Crippen LogP contribution in [0.4, 0.5) is 0 Å². The predicted molar refractivity (Wildman–Crippen MR) is 68.7 cm³/mol. The quantitative estimate of drug-likeness (QED) is 0.525. The summed E-state index contributed by atoms with van der Waals surface area (Å²) in [6.07, 6.45) is 2.83. The number of hydrogen-bond donors (Lipinski definition) is 1. The van der Waals surface area contributed by atoms with Gasteiger partial charge in [0.2, 0.25) is 0 Å². The highest BCUT2D eigenvalue weighted by Crippen LogP contribution is 2.12. The van der Waals surface area contributed by atoms with Gasteiger partial charge in [0.15, 0.2) is 0 Å². The lowest BCUT2D eigenvalue weighted by atomic mass is 9.99. The van der Waals surface area contributed by atoms with Crippen molar-refractivity contribution in [2.75, 3.05) is 19.8 Å². The van der Waals surface area contributed by atoms with Gasteiger partial charge in [-0.05, 0) is 31.6 Å². The van der Waals surface area contributed by atoms with Gasteiger partial charge in [0.1, 0.15) is 6.61 Å². The van der Waals surface area contributed by atoms with Crippen LogP contribution in [0.2, 0.25) is 0 Å². The van der Waals surface area contributed by atoms with Gasteiger partial charge < -0.3 is 15.2 Å². The van der Waals surface area contributed by atoms with Crippen LogP contribution in [-0.2, 0) is 14.3 Å². The van der Waals surface area contributed by atoms with Crippen molar-refractivity contribution >= 4 is 5.97 Å². The monoisotopic (exact) mass is 245 g/mol. The average molecular weight is 245 g/mol. The van der Waals surface area contributed by atoms with Crippen molar-refractivity contribution in [1.82, 2.24) is 0 Å². The Balaban J connectivity index is 3.35. The van der Waals surface area contributed by atoms with Crippen molar-refractivity contribution < 1.29 is 14.3 Å². The number of unbranched alkanes of at least 4 members (excludes halogenated alkanes) is 1. The Bertz CT molecular complexity index is 209. The summed E-state index contributed by atoms with van der Waals surface area (Å²) in [5.74, 6) is -0.282. The van der Waals surface area contributed by atoms with Crippen molar-refractivity contribution in [2.45, 2.75) is 53.0 Å². The molecule has 0 aliphatic carbocycles. The molecule has 0 aromatic heterocycles. The van der Waals surface area contributed by atoms with E-state index in [9.17, 15) is 4.79 Å². The van der Waals surface area contributed by atoms with Crippen molar-refractivity contribution in [3.63, 3.8) is 0 Å². The fraction of sp³-hybridized carbons (Fsp3) is 0.923. The molecule has 17 heavy (non-hydrogen) atoms. The zero-order valence-corrected chi connectivity index (χ0v) is 11.6. The fourth-order valence-electron chi connectivity index (χ4n) is 1.24. The van der Waals surface area contributed by atoms with Gasteiger partial charge >= 0.3 is 5.97 Å². The van der Waals surface area contributed by atoms with Crippen LogP contribution in [-0.4, -0.2) is 31.8 Å². The Morgan fingerprint density at radius 3 is 2.47 bits per heavy atom. The van der Waals surface area contributed by atoms with E-state index in [-0.39, 0.29) is 24.0 Å². The molecule has 0 rings (SSSR count). The summed E-state index contributed by atoms with van der Waals surface area (Å²) in [5, 5.41) is 0. The Morgan fingerprint density at radius 2 is 1.94 bits per heavy atom.